The van der Waals surface area contributed by atoms with Gasteiger partial charge in [-0.3, -0.25) is 4.40 Å². The molecular formula is C13H10N4S. The van der Waals surface area contributed by atoms with Gasteiger partial charge in [-0.15, -0.1) is 11.3 Å². The number of hydrogen-bond donors (Lipinski definition) is 0. The van der Waals surface area contributed by atoms with Crippen molar-refractivity contribution in [2.24, 2.45) is 7.05 Å². The standard InChI is InChI=1S/C13H10N4S/c1-16-11-5-3-2-4-9(11)14-12(16)10-8-17-6-7-18-13(17)15-10/h2-8H,1H3. The van der Waals surface area contributed by atoms with Crippen molar-refractivity contribution in [3.63, 3.8) is 0 Å². The van der Waals surface area contributed by atoms with Gasteiger partial charge in [-0.1, -0.05) is 12.1 Å². The summed E-state index contributed by atoms with van der Waals surface area (Å²) in [6, 6.07) is 8.13. The number of rotatable bonds is 1. The van der Waals surface area contributed by atoms with Gasteiger partial charge < -0.3 is 4.57 Å². The van der Waals surface area contributed by atoms with Crippen LogP contribution in [-0.4, -0.2) is 18.9 Å². The van der Waals surface area contributed by atoms with E-state index in [1.807, 2.05) is 47.4 Å². The van der Waals surface area contributed by atoms with Gasteiger partial charge in [0.2, 0.25) is 0 Å². The Bertz CT molecular complexity index is 824. The number of fused-ring (bicyclic) bond motifs is 2. The molecule has 4 aromatic rings. The van der Waals surface area contributed by atoms with Crippen LogP contribution in [0, 0.1) is 0 Å². The van der Waals surface area contributed by atoms with Crippen LogP contribution in [0.15, 0.2) is 42.0 Å². The summed E-state index contributed by atoms with van der Waals surface area (Å²) in [7, 11) is 2.03. The first-order chi connectivity index (χ1) is 8.83. The average Bonchev–Trinajstić information content (AvgIpc) is 3.02. The van der Waals surface area contributed by atoms with E-state index < -0.39 is 0 Å². The van der Waals surface area contributed by atoms with Crippen LogP contribution < -0.4 is 0 Å². The molecule has 0 fully saturated rings. The maximum atomic E-state index is 4.65. The summed E-state index contributed by atoms with van der Waals surface area (Å²) in [5.41, 5.74) is 3.05. The lowest BCUT2D eigenvalue weighted by atomic mass is 10.3. The zero-order valence-electron chi connectivity index (χ0n) is 9.74. The maximum absolute atomic E-state index is 4.65. The molecule has 4 nitrogen and oxygen atoms in total. The zero-order chi connectivity index (χ0) is 12.1. The highest BCUT2D eigenvalue weighted by molar-refractivity contribution is 7.15. The van der Waals surface area contributed by atoms with Gasteiger partial charge in [0.25, 0.3) is 0 Å². The second kappa shape index (κ2) is 3.43. The van der Waals surface area contributed by atoms with Gasteiger partial charge in [0, 0.05) is 24.8 Å². The van der Waals surface area contributed by atoms with E-state index in [1.165, 1.54) is 0 Å². The minimum atomic E-state index is 0.909. The highest BCUT2D eigenvalue weighted by Gasteiger charge is 2.12. The predicted molar refractivity (Wildman–Crippen MR) is 72.8 cm³/mol. The van der Waals surface area contributed by atoms with Gasteiger partial charge in [-0.2, -0.15) is 0 Å². The Hall–Kier alpha value is -2.14. The van der Waals surface area contributed by atoms with Crippen LogP contribution in [0.4, 0.5) is 0 Å². The Morgan fingerprint density at radius 2 is 2.06 bits per heavy atom. The van der Waals surface area contributed by atoms with Crippen LogP contribution in [0.5, 0.6) is 0 Å². The second-order valence-corrected chi connectivity index (χ2v) is 5.08. The molecule has 0 amide bonds. The monoisotopic (exact) mass is 254 g/mol. The molecule has 88 valence electrons. The van der Waals surface area contributed by atoms with Crippen LogP contribution in [0.25, 0.3) is 27.5 Å². The van der Waals surface area contributed by atoms with Crippen LogP contribution in [0.1, 0.15) is 0 Å². The Labute approximate surface area is 107 Å². The molecule has 0 radical (unpaired) electrons. The lowest BCUT2D eigenvalue weighted by Crippen LogP contribution is -1.92. The molecule has 3 heterocycles. The van der Waals surface area contributed by atoms with Gasteiger partial charge in [0.1, 0.15) is 5.69 Å². The second-order valence-electron chi connectivity index (χ2n) is 4.20. The smallest absolute Gasteiger partial charge is 0.194 e. The van der Waals surface area contributed by atoms with Crippen molar-refractivity contribution in [2.45, 2.75) is 0 Å². The Kier molecular flexibility index (Phi) is 1.87. The van der Waals surface area contributed by atoms with Crippen LogP contribution in [0.2, 0.25) is 0 Å². The highest BCUT2D eigenvalue weighted by atomic mass is 32.1. The molecule has 4 rings (SSSR count). The minimum Gasteiger partial charge on any atom is -0.326 e. The molecule has 18 heavy (non-hydrogen) atoms. The molecular weight excluding hydrogens is 244 g/mol. The quantitative estimate of drug-likeness (QED) is 0.523. The SMILES string of the molecule is Cn1c(-c2cn3ccsc3n2)nc2ccccc21. The van der Waals surface area contributed by atoms with Crippen LogP contribution in [0.3, 0.4) is 0 Å². The number of para-hydroxylation sites is 2. The predicted octanol–water partition coefficient (Wildman–Crippen LogP) is 2.95. The van der Waals surface area contributed by atoms with Crippen LogP contribution >= 0.6 is 11.3 Å². The molecule has 3 aromatic heterocycles. The molecule has 0 bridgehead atoms. The highest BCUT2D eigenvalue weighted by Crippen LogP contribution is 2.24. The van der Waals surface area contributed by atoms with E-state index in [9.17, 15) is 0 Å². The summed E-state index contributed by atoms with van der Waals surface area (Å²) in [4.78, 5) is 10.2. The lowest BCUT2D eigenvalue weighted by Gasteiger charge is -1.97. The number of thiazole rings is 1. The first-order valence-corrected chi connectivity index (χ1v) is 6.55. The number of benzene rings is 1. The molecule has 0 N–H and O–H groups in total. The summed E-state index contributed by atoms with van der Waals surface area (Å²) in [6.45, 7) is 0. The third-order valence-corrected chi connectivity index (χ3v) is 3.88. The molecule has 0 atom stereocenters. The Morgan fingerprint density at radius 1 is 1.17 bits per heavy atom. The molecule has 0 saturated heterocycles. The van der Waals surface area contributed by atoms with E-state index in [0.717, 1.165) is 27.5 Å². The summed E-state index contributed by atoms with van der Waals surface area (Å²) in [5.74, 6) is 0.909. The van der Waals surface area contributed by atoms with E-state index >= 15 is 0 Å². The van der Waals surface area contributed by atoms with Gasteiger partial charge in [0.05, 0.1) is 11.0 Å². The molecule has 1 aromatic carbocycles. The third-order valence-electron chi connectivity index (χ3n) is 3.11. The van der Waals surface area contributed by atoms with Crippen LogP contribution in [-0.2, 0) is 7.05 Å². The normalized spacial score (nSPS) is 11.6. The molecule has 0 saturated carbocycles. The van der Waals surface area contributed by atoms with E-state index in [-0.39, 0.29) is 0 Å². The van der Waals surface area contributed by atoms with E-state index in [4.69, 9.17) is 0 Å². The summed E-state index contributed by atoms with van der Waals surface area (Å²) >= 11 is 1.63. The third kappa shape index (κ3) is 1.25. The average molecular weight is 254 g/mol. The van der Waals surface area contributed by atoms with E-state index in [1.54, 1.807) is 11.3 Å². The van der Waals surface area contributed by atoms with Crippen molar-refractivity contribution in [3.8, 4) is 11.5 Å². The van der Waals surface area contributed by atoms with Gasteiger partial charge in [-0.05, 0) is 12.1 Å². The number of hydrogen-bond acceptors (Lipinski definition) is 3. The van der Waals surface area contributed by atoms with Gasteiger partial charge in [0.15, 0.2) is 10.8 Å². The Morgan fingerprint density at radius 3 is 2.89 bits per heavy atom. The van der Waals surface area contributed by atoms with Crippen molar-refractivity contribution >= 4 is 27.3 Å². The lowest BCUT2D eigenvalue weighted by molar-refractivity contribution is 0.953. The molecule has 0 spiro atoms. The number of aromatic nitrogens is 4. The molecule has 0 unspecified atom stereocenters. The number of imidazole rings is 2. The van der Waals surface area contributed by atoms with Gasteiger partial charge in [-0.25, -0.2) is 9.97 Å². The molecule has 0 aliphatic carbocycles. The van der Waals surface area contributed by atoms with Gasteiger partial charge >= 0.3 is 0 Å². The fourth-order valence-corrected chi connectivity index (χ4v) is 2.91. The maximum Gasteiger partial charge on any atom is 0.194 e. The summed E-state index contributed by atoms with van der Waals surface area (Å²) in [5, 5.41) is 2.03. The van der Waals surface area contributed by atoms with Crippen molar-refractivity contribution in [3.05, 3.63) is 42.0 Å². The Balaban J connectivity index is 2.01. The van der Waals surface area contributed by atoms with Crippen molar-refractivity contribution in [1.82, 2.24) is 18.9 Å². The largest absolute Gasteiger partial charge is 0.326 e. The van der Waals surface area contributed by atoms with Crippen molar-refractivity contribution in [1.29, 1.82) is 0 Å². The molecule has 0 aliphatic heterocycles. The minimum absolute atomic E-state index is 0.909. The number of nitrogens with zero attached hydrogens (tertiary/aromatic N) is 4. The fraction of sp³-hybridized carbons (Fsp3) is 0.0769. The summed E-state index contributed by atoms with van der Waals surface area (Å²) in [6.07, 6.45) is 4.03. The van der Waals surface area contributed by atoms with Crippen molar-refractivity contribution < 1.29 is 0 Å². The first kappa shape index (κ1) is 9.85. The van der Waals surface area contributed by atoms with Crippen molar-refractivity contribution in [2.75, 3.05) is 0 Å². The topological polar surface area (TPSA) is 35.1 Å². The van der Waals surface area contributed by atoms with E-state index in [2.05, 4.69) is 20.6 Å². The zero-order valence-corrected chi connectivity index (χ0v) is 10.6. The summed E-state index contributed by atoms with van der Waals surface area (Å²) < 4.78 is 4.11. The molecule has 5 heteroatoms. The molecule has 0 aliphatic rings. The number of aryl methyl sites for hydroxylation is 1. The first-order valence-electron chi connectivity index (χ1n) is 5.67. The fourth-order valence-electron chi connectivity index (χ4n) is 2.21. The van der Waals surface area contributed by atoms with E-state index in [0.29, 0.717) is 0 Å².